The number of benzene rings is 2. The predicted molar refractivity (Wildman–Crippen MR) is 103 cm³/mol. The first-order chi connectivity index (χ1) is 12.7. The van der Waals surface area contributed by atoms with Crippen molar-refractivity contribution in [3.05, 3.63) is 72.1 Å². The Morgan fingerprint density at radius 3 is 2.81 bits per heavy atom. The van der Waals surface area contributed by atoms with Crippen LogP contribution in [0.2, 0.25) is 0 Å². The maximum absolute atomic E-state index is 12.9. The lowest BCUT2D eigenvalue weighted by atomic mass is 9.93. The van der Waals surface area contributed by atoms with E-state index in [-0.39, 0.29) is 11.8 Å². The Hall–Kier alpha value is -2.88. The van der Waals surface area contributed by atoms with Gasteiger partial charge in [0.15, 0.2) is 0 Å². The van der Waals surface area contributed by atoms with Gasteiger partial charge in [0.1, 0.15) is 5.75 Å². The number of likely N-dealkylation sites (tertiary alicyclic amines) is 1. The van der Waals surface area contributed by atoms with Crippen molar-refractivity contribution in [1.29, 1.82) is 0 Å². The molecule has 0 radical (unpaired) electrons. The zero-order chi connectivity index (χ0) is 17.9. The summed E-state index contributed by atoms with van der Waals surface area (Å²) in [5.74, 6) is 1.05. The molecule has 1 aromatic heterocycles. The molecule has 0 spiro atoms. The molecule has 1 aliphatic rings. The first-order valence-electron chi connectivity index (χ1n) is 9.02. The number of hydrogen-bond donors (Lipinski definition) is 0. The first kappa shape index (κ1) is 16.6. The molecule has 2 aromatic carbocycles. The minimum absolute atomic E-state index is 0.0642. The number of ether oxygens (including phenoxy) is 1. The number of fused-ring (bicyclic) bond motifs is 1. The molecular weight excluding hydrogens is 324 g/mol. The molecular formula is C22H22N2O2. The summed E-state index contributed by atoms with van der Waals surface area (Å²) in [5, 5.41) is 2.35. The molecule has 0 aliphatic carbocycles. The monoisotopic (exact) mass is 346 g/mol. The summed E-state index contributed by atoms with van der Waals surface area (Å²) in [6.07, 6.45) is 4.00. The van der Waals surface area contributed by atoms with Gasteiger partial charge in [0.05, 0.1) is 7.11 Å². The zero-order valence-corrected chi connectivity index (χ0v) is 14.9. The third kappa shape index (κ3) is 3.27. The van der Waals surface area contributed by atoms with Gasteiger partial charge in [0.25, 0.3) is 5.91 Å². The van der Waals surface area contributed by atoms with Crippen LogP contribution in [0.15, 0.2) is 60.8 Å². The van der Waals surface area contributed by atoms with Crippen LogP contribution in [0.3, 0.4) is 0 Å². The first-order valence-corrected chi connectivity index (χ1v) is 9.02. The zero-order valence-electron chi connectivity index (χ0n) is 14.9. The fourth-order valence-corrected chi connectivity index (χ4v) is 3.67. The fourth-order valence-electron chi connectivity index (χ4n) is 3.67. The van der Waals surface area contributed by atoms with E-state index in [0.29, 0.717) is 17.9 Å². The Bertz CT molecular complexity index is 938. The number of piperidine rings is 1. The molecule has 3 aromatic rings. The maximum atomic E-state index is 12.9. The Morgan fingerprint density at radius 2 is 1.96 bits per heavy atom. The van der Waals surface area contributed by atoms with Crippen LogP contribution in [-0.4, -0.2) is 36.0 Å². The van der Waals surface area contributed by atoms with Crippen LogP contribution in [0, 0.1) is 0 Å². The van der Waals surface area contributed by atoms with Crippen molar-refractivity contribution in [3.8, 4) is 5.75 Å². The van der Waals surface area contributed by atoms with Gasteiger partial charge in [-0.1, -0.05) is 30.3 Å². The van der Waals surface area contributed by atoms with E-state index in [1.807, 2.05) is 41.4 Å². The lowest BCUT2D eigenvalue weighted by molar-refractivity contribution is 0.0705. The quantitative estimate of drug-likeness (QED) is 0.711. The SMILES string of the molecule is COc1cccc(C(=O)N2CCC[C@H](c3cc4ccccc4cn3)C2)c1. The molecule has 1 amide bonds. The largest absolute Gasteiger partial charge is 0.497 e. The molecule has 26 heavy (non-hydrogen) atoms. The highest BCUT2D eigenvalue weighted by Gasteiger charge is 2.26. The summed E-state index contributed by atoms with van der Waals surface area (Å²) >= 11 is 0. The minimum Gasteiger partial charge on any atom is -0.497 e. The third-order valence-corrected chi connectivity index (χ3v) is 5.10. The highest BCUT2D eigenvalue weighted by atomic mass is 16.5. The molecule has 4 nitrogen and oxygen atoms in total. The Kier molecular flexibility index (Phi) is 4.57. The van der Waals surface area contributed by atoms with Crippen LogP contribution < -0.4 is 4.74 Å². The average molecular weight is 346 g/mol. The van der Waals surface area contributed by atoms with Crippen molar-refractivity contribution < 1.29 is 9.53 Å². The van der Waals surface area contributed by atoms with Crippen LogP contribution in [0.5, 0.6) is 5.75 Å². The van der Waals surface area contributed by atoms with E-state index >= 15 is 0 Å². The molecule has 1 atom stereocenters. The number of amides is 1. The van der Waals surface area contributed by atoms with Gasteiger partial charge in [-0.3, -0.25) is 9.78 Å². The number of carbonyl (C=O) groups is 1. The van der Waals surface area contributed by atoms with Gasteiger partial charge in [-0.25, -0.2) is 0 Å². The van der Waals surface area contributed by atoms with Gasteiger partial charge >= 0.3 is 0 Å². The number of pyridine rings is 1. The summed E-state index contributed by atoms with van der Waals surface area (Å²) in [6, 6.07) is 17.8. The summed E-state index contributed by atoms with van der Waals surface area (Å²) in [7, 11) is 1.62. The van der Waals surface area contributed by atoms with Crippen LogP contribution >= 0.6 is 0 Å². The topological polar surface area (TPSA) is 42.4 Å². The molecule has 1 saturated heterocycles. The molecule has 0 unspecified atom stereocenters. The third-order valence-electron chi connectivity index (χ3n) is 5.10. The van der Waals surface area contributed by atoms with E-state index in [0.717, 1.165) is 30.5 Å². The number of aromatic nitrogens is 1. The number of carbonyl (C=O) groups excluding carboxylic acids is 1. The summed E-state index contributed by atoms with van der Waals surface area (Å²) in [4.78, 5) is 19.5. The second kappa shape index (κ2) is 7.16. The van der Waals surface area contributed by atoms with Crippen molar-refractivity contribution in [2.75, 3.05) is 20.2 Å². The van der Waals surface area contributed by atoms with E-state index in [2.05, 4.69) is 23.2 Å². The highest BCUT2D eigenvalue weighted by Crippen LogP contribution is 2.28. The van der Waals surface area contributed by atoms with Crippen LogP contribution in [-0.2, 0) is 0 Å². The molecule has 4 rings (SSSR count). The number of nitrogens with zero attached hydrogens (tertiary/aromatic N) is 2. The van der Waals surface area contributed by atoms with Crippen molar-refractivity contribution in [1.82, 2.24) is 9.88 Å². The summed E-state index contributed by atoms with van der Waals surface area (Å²) in [6.45, 7) is 1.50. The molecule has 1 fully saturated rings. The van der Waals surface area contributed by atoms with Gasteiger partial charge < -0.3 is 9.64 Å². The van der Waals surface area contributed by atoms with Crippen LogP contribution in [0.1, 0.15) is 34.8 Å². The standard InChI is InChI=1S/C22H22N2O2/c1-26-20-10-4-8-17(12-20)22(25)24-11-5-9-19(15-24)21-13-16-6-2-3-7-18(16)14-23-21/h2-4,6-8,10,12-14,19H,5,9,11,15H2,1H3/t19-/m0/s1. The molecule has 0 N–H and O–H groups in total. The second-order valence-corrected chi connectivity index (χ2v) is 6.78. The molecule has 1 aliphatic heterocycles. The molecule has 4 heteroatoms. The van der Waals surface area contributed by atoms with Crippen LogP contribution in [0.4, 0.5) is 0 Å². The summed E-state index contributed by atoms with van der Waals surface area (Å²) in [5.41, 5.74) is 1.75. The van der Waals surface area contributed by atoms with Gasteiger partial charge in [0.2, 0.25) is 0 Å². The normalized spacial score (nSPS) is 17.3. The summed E-state index contributed by atoms with van der Waals surface area (Å²) < 4.78 is 5.24. The average Bonchev–Trinajstić information content (AvgIpc) is 2.73. The van der Waals surface area contributed by atoms with Gasteiger partial charge in [-0.15, -0.1) is 0 Å². The Morgan fingerprint density at radius 1 is 1.12 bits per heavy atom. The number of methoxy groups -OCH3 is 1. The predicted octanol–water partition coefficient (Wildman–Crippen LogP) is 4.26. The number of rotatable bonds is 3. The lowest BCUT2D eigenvalue weighted by Crippen LogP contribution is -2.39. The van der Waals surface area contributed by atoms with Gasteiger partial charge in [0, 0.05) is 41.8 Å². The van der Waals surface area contributed by atoms with Crippen LogP contribution in [0.25, 0.3) is 10.8 Å². The van der Waals surface area contributed by atoms with Crippen molar-refractivity contribution in [2.45, 2.75) is 18.8 Å². The molecule has 0 saturated carbocycles. The Labute approximate surface area is 153 Å². The molecule has 0 bridgehead atoms. The molecule has 132 valence electrons. The fraction of sp³-hybridized carbons (Fsp3) is 0.273. The maximum Gasteiger partial charge on any atom is 0.254 e. The van der Waals surface area contributed by atoms with Gasteiger partial charge in [-0.2, -0.15) is 0 Å². The molecule has 2 heterocycles. The van der Waals surface area contributed by atoms with E-state index in [9.17, 15) is 4.79 Å². The van der Waals surface area contributed by atoms with E-state index in [4.69, 9.17) is 4.74 Å². The van der Waals surface area contributed by atoms with E-state index in [1.165, 1.54) is 5.39 Å². The van der Waals surface area contributed by atoms with Crippen molar-refractivity contribution in [2.24, 2.45) is 0 Å². The smallest absolute Gasteiger partial charge is 0.254 e. The lowest BCUT2D eigenvalue weighted by Gasteiger charge is -2.32. The Balaban J connectivity index is 1.55. The second-order valence-electron chi connectivity index (χ2n) is 6.78. The van der Waals surface area contributed by atoms with Crippen molar-refractivity contribution >= 4 is 16.7 Å². The van der Waals surface area contributed by atoms with E-state index < -0.39 is 0 Å². The van der Waals surface area contributed by atoms with Gasteiger partial charge in [-0.05, 0) is 42.5 Å². The number of hydrogen-bond acceptors (Lipinski definition) is 3. The van der Waals surface area contributed by atoms with Crippen molar-refractivity contribution in [3.63, 3.8) is 0 Å². The highest BCUT2D eigenvalue weighted by molar-refractivity contribution is 5.94. The minimum atomic E-state index is 0.0642. The van der Waals surface area contributed by atoms with E-state index in [1.54, 1.807) is 13.2 Å².